The molecule has 0 saturated carbocycles. The predicted octanol–water partition coefficient (Wildman–Crippen LogP) is 3.76. The lowest BCUT2D eigenvalue weighted by Crippen LogP contribution is -2.43. The van der Waals surface area contributed by atoms with Gasteiger partial charge in [0.2, 0.25) is 0 Å². The minimum Gasteiger partial charge on any atom is -0.486 e. The van der Waals surface area contributed by atoms with Gasteiger partial charge in [-0.1, -0.05) is 6.07 Å². The molecule has 0 amide bonds. The number of ether oxygens (including phenoxy) is 2. The van der Waals surface area contributed by atoms with E-state index >= 15 is 0 Å². The van der Waals surface area contributed by atoms with Crippen LogP contribution >= 0.6 is 35.3 Å². The Hall–Kier alpha value is -1.59. The lowest BCUT2D eigenvalue weighted by Gasteiger charge is -2.32. The molecule has 1 aromatic carbocycles. The third-order valence-electron chi connectivity index (χ3n) is 5.91. The SMILES string of the molecule is CN=C(NCC1CCN(Cc2csc(C)n2)CC1)N(C)Cc1ccc2c(c1)OCCO2.I. The lowest BCUT2D eigenvalue weighted by molar-refractivity contribution is 0.171. The number of benzene rings is 1. The second kappa shape index (κ2) is 12.0. The van der Waals surface area contributed by atoms with Gasteiger partial charge in [-0.25, -0.2) is 4.98 Å². The summed E-state index contributed by atoms with van der Waals surface area (Å²) < 4.78 is 11.3. The monoisotopic (exact) mass is 571 g/mol. The Balaban J connectivity index is 0.00000289. The van der Waals surface area contributed by atoms with Crippen molar-refractivity contribution in [2.45, 2.75) is 32.9 Å². The molecule has 0 unspecified atom stereocenters. The van der Waals surface area contributed by atoms with Crippen LogP contribution in [0.15, 0.2) is 28.6 Å². The number of thiazole rings is 1. The second-order valence-corrected chi connectivity index (χ2v) is 9.40. The number of rotatable bonds is 6. The molecule has 4 rings (SSSR count). The van der Waals surface area contributed by atoms with Crippen LogP contribution in [0.5, 0.6) is 11.5 Å². The van der Waals surface area contributed by atoms with Crippen molar-refractivity contribution in [3.05, 3.63) is 39.8 Å². The molecule has 1 N–H and O–H groups in total. The molecule has 3 heterocycles. The average Bonchev–Trinajstić information content (AvgIpc) is 3.19. The van der Waals surface area contributed by atoms with Crippen molar-refractivity contribution in [3.63, 3.8) is 0 Å². The molecule has 0 aliphatic carbocycles. The van der Waals surface area contributed by atoms with Crippen LogP contribution in [-0.4, -0.2) is 67.7 Å². The molecule has 2 aliphatic heterocycles. The number of aryl methyl sites for hydroxylation is 1. The molecule has 1 aromatic heterocycles. The Morgan fingerprint density at radius 3 is 2.69 bits per heavy atom. The summed E-state index contributed by atoms with van der Waals surface area (Å²) in [6.07, 6.45) is 2.41. The number of aliphatic imine (C=N–C) groups is 1. The van der Waals surface area contributed by atoms with E-state index in [0.29, 0.717) is 19.1 Å². The number of aromatic nitrogens is 1. The van der Waals surface area contributed by atoms with Gasteiger partial charge < -0.3 is 19.7 Å². The smallest absolute Gasteiger partial charge is 0.193 e. The summed E-state index contributed by atoms with van der Waals surface area (Å²) in [6, 6.07) is 6.16. The van der Waals surface area contributed by atoms with Gasteiger partial charge in [0, 0.05) is 39.1 Å². The average molecular weight is 572 g/mol. The molecular weight excluding hydrogens is 537 g/mol. The van der Waals surface area contributed by atoms with Gasteiger partial charge in [0.15, 0.2) is 17.5 Å². The minimum atomic E-state index is 0. The third kappa shape index (κ3) is 6.71. The molecule has 7 nitrogen and oxygen atoms in total. The number of halogens is 1. The third-order valence-corrected chi connectivity index (χ3v) is 6.73. The summed E-state index contributed by atoms with van der Waals surface area (Å²) in [5.74, 6) is 3.26. The molecule has 0 atom stereocenters. The number of nitrogens with one attached hydrogen (secondary N) is 1. The van der Waals surface area contributed by atoms with E-state index in [1.807, 2.05) is 13.1 Å². The van der Waals surface area contributed by atoms with Gasteiger partial charge in [0.05, 0.1) is 10.7 Å². The normalized spacial score (nSPS) is 17.0. The van der Waals surface area contributed by atoms with Crippen LogP contribution < -0.4 is 14.8 Å². The molecule has 2 aliphatic rings. The Morgan fingerprint density at radius 1 is 1.25 bits per heavy atom. The first-order valence-corrected chi connectivity index (χ1v) is 11.9. The van der Waals surface area contributed by atoms with E-state index in [-0.39, 0.29) is 24.0 Å². The zero-order valence-electron chi connectivity index (χ0n) is 19.2. The first kappa shape index (κ1) is 25.0. The van der Waals surface area contributed by atoms with Gasteiger partial charge in [0.1, 0.15) is 13.2 Å². The van der Waals surface area contributed by atoms with E-state index in [1.54, 1.807) is 11.3 Å². The zero-order valence-corrected chi connectivity index (χ0v) is 22.3. The number of hydrogen-bond donors (Lipinski definition) is 1. The van der Waals surface area contributed by atoms with E-state index in [1.165, 1.54) is 24.1 Å². The van der Waals surface area contributed by atoms with E-state index < -0.39 is 0 Å². The molecule has 32 heavy (non-hydrogen) atoms. The highest BCUT2D eigenvalue weighted by molar-refractivity contribution is 14.0. The van der Waals surface area contributed by atoms with E-state index in [2.05, 4.69) is 56.6 Å². The molecule has 176 valence electrons. The molecule has 0 spiro atoms. The second-order valence-electron chi connectivity index (χ2n) is 8.34. The van der Waals surface area contributed by atoms with Gasteiger partial charge in [-0.3, -0.25) is 9.89 Å². The Bertz CT molecular complexity index is 898. The fourth-order valence-electron chi connectivity index (χ4n) is 4.21. The van der Waals surface area contributed by atoms with Crippen LogP contribution in [0, 0.1) is 12.8 Å². The van der Waals surface area contributed by atoms with Crippen molar-refractivity contribution in [3.8, 4) is 11.5 Å². The molecule has 0 radical (unpaired) electrons. The van der Waals surface area contributed by atoms with Gasteiger partial charge >= 0.3 is 0 Å². The van der Waals surface area contributed by atoms with Crippen LogP contribution in [-0.2, 0) is 13.1 Å². The van der Waals surface area contributed by atoms with Crippen LogP contribution in [0.1, 0.15) is 29.1 Å². The Morgan fingerprint density at radius 2 is 2.00 bits per heavy atom. The quantitative estimate of drug-likeness (QED) is 0.324. The van der Waals surface area contributed by atoms with Crippen LogP contribution in [0.4, 0.5) is 0 Å². The van der Waals surface area contributed by atoms with Crippen LogP contribution in [0.25, 0.3) is 0 Å². The van der Waals surface area contributed by atoms with Crippen molar-refractivity contribution in [1.82, 2.24) is 20.1 Å². The van der Waals surface area contributed by atoms with Gasteiger partial charge in [-0.05, 0) is 56.5 Å². The number of piperidine rings is 1. The number of guanidine groups is 1. The molecule has 2 aromatic rings. The topological polar surface area (TPSA) is 62.2 Å². The summed E-state index contributed by atoms with van der Waals surface area (Å²) >= 11 is 1.74. The Kier molecular flexibility index (Phi) is 9.42. The van der Waals surface area contributed by atoms with Gasteiger partial charge in [-0.2, -0.15) is 0 Å². The van der Waals surface area contributed by atoms with E-state index in [9.17, 15) is 0 Å². The standard InChI is InChI=1S/C23H33N5O2S.HI/c1-17-26-20(16-31-17)15-28-8-6-18(7-9-28)13-25-23(24-2)27(3)14-19-4-5-21-22(12-19)30-11-10-29-21;/h4-5,12,16,18H,6-11,13-15H2,1-3H3,(H,24,25);1H. The highest BCUT2D eigenvalue weighted by Gasteiger charge is 2.21. The maximum absolute atomic E-state index is 5.71. The van der Waals surface area contributed by atoms with E-state index in [4.69, 9.17) is 9.47 Å². The molecule has 1 saturated heterocycles. The fourth-order valence-corrected chi connectivity index (χ4v) is 4.82. The largest absolute Gasteiger partial charge is 0.486 e. The van der Waals surface area contributed by atoms with Crippen molar-refractivity contribution >= 4 is 41.3 Å². The van der Waals surface area contributed by atoms with Crippen molar-refractivity contribution in [2.75, 3.05) is 46.9 Å². The highest BCUT2D eigenvalue weighted by atomic mass is 127. The summed E-state index contributed by atoms with van der Waals surface area (Å²) in [6.45, 7) is 8.27. The predicted molar refractivity (Wildman–Crippen MR) is 141 cm³/mol. The minimum absolute atomic E-state index is 0. The number of hydrogen-bond acceptors (Lipinski definition) is 6. The van der Waals surface area contributed by atoms with Crippen molar-refractivity contribution < 1.29 is 9.47 Å². The highest BCUT2D eigenvalue weighted by Crippen LogP contribution is 2.31. The summed E-state index contributed by atoms with van der Waals surface area (Å²) in [5.41, 5.74) is 2.39. The van der Waals surface area contributed by atoms with Gasteiger partial charge in [0.25, 0.3) is 0 Å². The zero-order chi connectivity index (χ0) is 21.6. The summed E-state index contributed by atoms with van der Waals surface area (Å²) in [7, 11) is 3.92. The number of nitrogens with zero attached hydrogens (tertiary/aromatic N) is 4. The molecule has 1 fully saturated rings. The lowest BCUT2D eigenvalue weighted by atomic mass is 9.97. The van der Waals surface area contributed by atoms with Crippen LogP contribution in [0.3, 0.4) is 0 Å². The maximum atomic E-state index is 5.71. The maximum Gasteiger partial charge on any atom is 0.193 e. The summed E-state index contributed by atoms with van der Waals surface area (Å²) in [5, 5.41) is 6.92. The van der Waals surface area contributed by atoms with Crippen molar-refractivity contribution in [2.24, 2.45) is 10.9 Å². The summed E-state index contributed by atoms with van der Waals surface area (Å²) in [4.78, 5) is 13.8. The van der Waals surface area contributed by atoms with E-state index in [0.717, 1.165) is 55.2 Å². The Labute approximate surface area is 212 Å². The van der Waals surface area contributed by atoms with Crippen LogP contribution in [0.2, 0.25) is 0 Å². The first-order valence-electron chi connectivity index (χ1n) is 11.0. The number of fused-ring (bicyclic) bond motifs is 1. The number of likely N-dealkylation sites (tertiary alicyclic amines) is 1. The van der Waals surface area contributed by atoms with Crippen molar-refractivity contribution in [1.29, 1.82) is 0 Å². The molecular formula is C23H34IN5O2S. The first-order chi connectivity index (χ1) is 15.1. The molecule has 9 heteroatoms. The van der Waals surface area contributed by atoms with Gasteiger partial charge in [-0.15, -0.1) is 35.3 Å². The fraction of sp³-hybridized carbons (Fsp3) is 0.565. The molecule has 0 bridgehead atoms.